The second-order valence-electron chi connectivity index (χ2n) is 7.01. The lowest BCUT2D eigenvalue weighted by atomic mass is 9.99. The van der Waals surface area contributed by atoms with Crippen molar-refractivity contribution in [3.05, 3.63) is 41.6 Å². The number of aromatic nitrogens is 2. The molecule has 2 aliphatic rings. The lowest BCUT2D eigenvalue weighted by Gasteiger charge is -2.30. The van der Waals surface area contributed by atoms with E-state index in [0.29, 0.717) is 31.5 Å². The second-order valence-corrected chi connectivity index (χ2v) is 7.01. The van der Waals surface area contributed by atoms with Gasteiger partial charge in [-0.05, 0) is 48.6 Å². The minimum atomic E-state index is -4.67. The number of rotatable bonds is 4. The first kappa shape index (κ1) is 17.9. The zero-order valence-corrected chi connectivity index (χ0v) is 14.8. The Morgan fingerprint density at radius 3 is 2.70 bits per heavy atom. The molecule has 2 aromatic rings. The zero-order chi connectivity index (χ0) is 18.9. The Kier molecular flexibility index (Phi) is 4.80. The molecule has 0 atom stereocenters. The molecule has 0 saturated heterocycles. The van der Waals surface area contributed by atoms with Crippen molar-refractivity contribution in [2.45, 2.75) is 51.1 Å². The van der Waals surface area contributed by atoms with Crippen LogP contribution in [0.3, 0.4) is 0 Å². The van der Waals surface area contributed by atoms with Gasteiger partial charge in [0.1, 0.15) is 11.6 Å². The second kappa shape index (κ2) is 7.25. The Bertz CT molecular complexity index is 806. The van der Waals surface area contributed by atoms with Crippen molar-refractivity contribution >= 4 is 11.8 Å². The SMILES string of the molecule is FC(F)(F)Oc1ccc2c(c1)CCN(c1ccnc(NC3CCCC3)n1)C2. The summed E-state index contributed by atoms with van der Waals surface area (Å²) in [6.07, 6.45) is 2.48. The number of hydrogen-bond acceptors (Lipinski definition) is 5. The highest BCUT2D eigenvalue weighted by molar-refractivity contribution is 5.48. The standard InChI is InChI=1S/C19H21F3N4O/c20-19(21,22)27-16-6-5-14-12-26(10-8-13(14)11-16)17-7-9-23-18(25-17)24-15-3-1-2-4-15/h5-7,9,11,15H,1-4,8,10,12H2,(H,23,24,25). The highest BCUT2D eigenvalue weighted by Crippen LogP contribution is 2.29. The number of alkyl halides is 3. The fraction of sp³-hybridized carbons (Fsp3) is 0.474. The number of anilines is 2. The van der Waals surface area contributed by atoms with Crippen LogP contribution in [-0.2, 0) is 13.0 Å². The molecule has 5 nitrogen and oxygen atoms in total. The van der Waals surface area contributed by atoms with Crippen molar-refractivity contribution in [1.82, 2.24) is 9.97 Å². The topological polar surface area (TPSA) is 50.3 Å². The van der Waals surface area contributed by atoms with Crippen molar-refractivity contribution in [3.63, 3.8) is 0 Å². The van der Waals surface area contributed by atoms with Gasteiger partial charge in [-0.15, -0.1) is 13.2 Å². The molecule has 1 aliphatic heterocycles. The average molecular weight is 378 g/mol. The van der Waals surface area contributed by atoms with E-state index in [2.05, 4.69) is 24.9 Å². The van der Waals surface area contributed by atoms with Crippen molar-refractivity contribution in [2.24, 2.45) is 0 Å². The van der Waals surface area contributed by atoms with Crippen LogP contribution >= 0.6 is 0 Å². The largest absolute Gasteiger partial charge is 0.573 e. The first-order valence-corrected chi connectivity index (χ1v) is 9.18. The average Bonchev–Trinajstić information content (AvgIpc) is 3.13. The maximum Gasteiger partial charge on any atom is 0.573 e. The van der Waals surface area contributed by atoms with Gasteiger partial charge in [0.15, 0.2) is 0 Å². The van der Waals surface area contributed by atoms with E-state index in [4.69, 9.17) is 0 Å². The molecule has 0 bridgehead atoms. The first-order valence-electron chi connectivity index (χ1n) is 9.18. The minimum Gasteiger partial charge on any atom is -0.406 e. The first-order chi connectivity index (χ1) is 13.0. The van der Waals surface area contributed by atoms with Crippen LogP contribution in [0.25, 0.3) is 0 Å². The summed E-state index contributed by atoms with van der Waals surface area (Å²) in [6, 6.07) is 6.85. The van der Waals surface area contributed by atoms with E-state index in [1.807, 2.05) is 6.07 Å². The molecule has 0 amide bonds. The summed E-state index contributed by atoms with van der Waals surface area (Å²) in [4.78, 5) is 11.1. The Morgan fingerprint density at radius 1 is 1.11 bits per heavy atom. The van der Waals surface area contributed by atoms with Gasteiger partial charge in [0.2, 0.25) is 5.95 Å². The number of halogens is 3. The molecule has 1 aliphatic carbocycles. The number of hydrogen-bond donors (Lipinski definition) is 1. The van der Waals surface area contributed by atoms with Gasteiger partial charge in [0.25, 0.3) is 0 Å². The fourth-order valence-electron chi connectivity index (χ4n) is 3.77. The maximum atomic E-state index is 12.4. The molecular formula is C19H21F3N4O. The van der Waals surface area contributed by atoms with E-state index in [1.165, 1.54) is 25.0 Å². The molecule has 0 unspecified atom stereocenters. The van der Waals surface area contributed by atoms with E-state index < -0.39 is 6.36 Å². The van der Waals surface area contributed by atoms with Crippen LogP contribution in [0.4, 0.5) is 24.9 Å². The fourth-order valence-corrected chi connectivity index (χ4v) is 3.77. The van der Waals surface area contributed by atoms with Crippen molar-refractivity contribution < 1.29 is 17.9 Å². The summed E-state index contributed by atoms with van der Waals surface area (Å²) in [5, 5.41) is 3.40. The van der Waals surface area contributed by atoms with Gasteiger partial charge < -0.3 is 15.0 Å². The third-order valence-electron chi connectivity index (χ3n) is 5.08. The molecular weight excluding hydrogens is 357 g/mol. The van der Waals surface area contributed by atoms with Crippen LogP contribution in [0.1, 0.15) is 36.8 Å². The minimum absolute atomic E-state index is 0.167. The van der Waals surface area contributed by atoms with Gasteiger partial charge in [-0.1, -0.05) is 18.9 Å². The molecule has 1 N–H and O–H groups in total. The van der Waals surface area contributed by atoms with Crippen LogP contribution in [0.5, 0.6) is 5.75 Å². The molecule has 144 valence electrons. The van der Waals surface area contributed by atoms with Crippen molar-refractivity contribution in [3.8, 4) is 5.75 Å². The van der Waals surface area contributed by atoms with Gasteiger partial charge in [-0.2, -0.15) is 4.98 Å². The summed E-state index contributed by atoms with van der Waals surface area (Å²) in [5.41, 5.74) is 1.87. The third-order valence-corrected chi connectivity index (χ3v) is 5.08. The Morgan fingerprint density at radius 2 is 1.93 bits per heavy atom. The van der Waals surface area contributed by atoms with E-state index in [-0.39, 0.29) is 5.75 Å². The lowest BCUT2D eigenvalue weighted by Crippen LogP contribution is -2.31. The third kappa shape index (κ3) is 4.43. The Labute approximate surface area is 155 Å². The predicted molar refractivity (Wildman–Crippen MR) is 95.8 cm³/mol. The van der Waals surface area contributed by atoms with Gasteiger partial charge in [0, 0.05) is 25.3 Å². The predicted octanol–water partition coefficient (Wildman–Crippen LogP) is 4.29. The van der Waals surface area contributed by atoms with Gasteiger partial charge in [-0.25, -0.2) is 4.98 Å². The number of ether oxygens (including phenoxy) is 1. The van der Waals surface area contributed by atoms with E-state index in [1.54, 1.807) is 12.3 Å². The summed E-state index contributed by atoms with van der Waals surface area (Å²) in [7, 11) is 0. The summed E-state index contributed by atoms with van der Waals surface area (Å²) < 4.78 is 41.2. The molecule has 0 radical (unpaired) electrons. The molecule has 1 aromatic heterocycles. The highest BCUT2D eigenvalue weighted by Gasteiger charge is 2.31. The lowest BCUT2D eigenvalue weighted by molar-refractivity contribution is -0.274. The van der Waals surface area contributed by atoms with Crippen LogP contribution in [0.2, 0.25) is 0 Å². The smallest absolute Gasteiger partial charge is 0.406 e. The molecule has 1 saturated carbocycles. The van der Waals surface area contributed by atoms with Crippen LogP contribution in [0, 0.1) is 0 Å². The molecule has 4 rings (SSSR count). The summed E-state index contributed by atoms with van der Waals surface area (Å²) in [6.45, 7) is 1.28. The molecule has 2 heterocycles. The molecule has 1 fully saturated rings. The quantitative estimate of drug-likeness (QED) is 0.860. The number of fused-ring (bicyclic) bond motifs is 1. The van der Waals surface area contributed by atoms with Gasteiger partial charge in [-0.3, -0.25) is 0 Å². The number of benzene rings is 1. The van der Waals surface area contributed by atoms with E-state index in [9.17, 15) is 13.2 Å². The Balaban J connectivity index is 1.46. The molecule has 8 heteroatoms. The van der Waals surface area contributed by atoms with Crippen molar-refractivity contribution in [1.29, 1.82) is 0 Å². The molecule has 1 aromatic carbocycles. The maximum absolute atomic E-state index is 12.4. The molecule has 0 spiro atoms. The van der Waals surface area contributed by atoms with Crippen LogP contribution < -0.4 is 15.0 Å². The van der Waals surface area contributed by atoms with Crippen LogP contribution in [-0.4, -0.2) is 28.9 Å². The molecule has 27 heavy (non-hydrogen) atoms. The van der Waals surface area contributed by atoms with Gasteiger partial charge >= 0.3 is 6.36 Å². The van der Waals surface area contributed by atoms with E-state index in [0.717, 1.165) is 29.8 Å². The monoisotopic (exact) mass is 378 g/mol. The zero-order valence-electron chi connectivity index (χ0n) is 14.8. The van der Waals surface area contributed by atoms with Gasteiger partial charge in [0.05, 0.1) is 0 Å². The van der Waals surface area contributed by atoms with Crippen LogP contribution in [0.15, 0.2) is 30.5 Å². The number of nitrogens with zero attached hydrogens (tertiary/aromatic N) is 3. The summed E-state index contributed by atoms with van der Waals surface area (Å²) >= 11 is 0. The van der Waals surface area contributed by atoms with E-state index >= 15 is 0 Å². The highest BCUT2D eigenvalue weighted by atomic mass is 19.4. The van der Waals surface area contributed by atoms with Crippen molar-refractivity contribution in [2.75, 3.05) is 16.8 Å². The normalized spacial score (nSPS) is 17.7. The number of nitrogens with one attached hydrogen (secondary N) is 1. The Hall–Kier alpha value is -2.51. The summed E-state index contributed by atoms with van der Waals surface area (Å²) in [5.74, 6) is 1.30.